The first-order chi connectivity index (χ1) is 8.13. The molecule has 0 radical (unpaired) electrons. The smallest absolute Gasteiger partial charge is 0.226 e. The Morgan fingerprint density at radius 1 is 1.18 bits per heavy atom. The summed E-state index contributed by atoms with van der Waals surface area (Å²) in [7, 11) is 0. The number of carbonyl (C=O) groups is 1. The predicted octanol–water partition coefficient (Wildman–Crippen LogP) is 1.87. The molecule has 2 rings (SSSR count). The second-order valence-electron chi connectivity index (χ2n) is 6.08. The van der Waals surface area contributed by atoms with E-state index >= 15 is 0 Å². The Morgan fingerprint density at radius 2 is 1.76 bits per heavy atom. The third-order valence-corrected chi connectivity index (χ3v) is 4.83. The Bertz CT molecular complexity index is 269. The zero-order chi connectivity index (χ0) is 12.4. The molecule has 98 valence electrons. The fraction of sp³-hybridized carbons (Fsp3) is 0.929. The van der Waals surface area contributed by atoms with Gasteiger partial charge in [0.1, 0.15) is 0 Å². The van der Waals surface area contributed by atoms with Gasteiger partial charge in [-0.15, -0.1) is 0 Å². The number of hydrogen-bond donors (Lipinski definition) is 1. The lowest BCUT2D eigenvalue weighted by Crippen LogP contribution is -2.41. The summed E-state index contributed by atoms with van der Waals surface area (Å²) in [4.78, 5) is 14.6. The zero-order valence-electron chi connectivity index (χ0n) is 11.2. The monoisotopic (exact) mass is 238 g/mol. The molecule has 1 aliphatic carbocycles. The van der Waals surface area contributed by atoms with Crippen LogP contribution in [0.3, 0.4) is 0 Å². The number of hydrogen-bond acceptors (Lipinski definition) is 2. The van der Waals surface area contributed by atoms with Crippen LogP contribution >= 0.6 is 0 Å². The molecule has 3 heteroatoms. The molecule has 0 aromatic heterocycles. The first kappa shape index (κ1) is 12.9. The van der Waals surface area contributed by atoms with E-state index in [-0.39, 0.29) is 5.92 Å². The number of likely N-dealkylation sites (tertiary alicyclic amines) is 1. The van der Waals surface area contributed by atoms with E-state index in [0.29, 0.717) is 30.2 Å². The van der Waals surface area contributed by atoms with Crippen molar-refractivity contribution in [2.45, 2.75) is 39.5 Å². The van der Waals surface area contributed by atoms with Gasteiger partial charge in [0.2, 0.25) is 5.91 Å². The highest BCUT2D eigenvalue weighted by Gasteiger charge is 2.36. The standard InChI is InChI=1S/C14H26N2O/c1-10-8-16(9-11(10)2)14(17)13-6-4-3-5-12(13)7-15/h10-13H,3-9,15H2,1-2H3. The largest absolute Gasteiger partial charge is 0.342 e. The van der Waals surface area contributed by atoms with Gasteiger partial charge in [-0.2, -0.15) is 0 Å². The highest BCUT2D eigenvalue weighted by atomic mass is 16.2. The van der Waals surface area contributed by atoms with Crippen molar-refractivity contribution in [1.82, 2.24) is 4.90 Å². The highest BCUT2D eigenvalue weighted by Crippen LogP contribution is 2.33. The number of rotatable bonds is 2. The van der Waals surface area contributed by atoms with Crippen LogP contribution in [0, 0.1) is 23.7 Å². The van der Waals surface area contributed by atoms with Crippen molar-refractivity contribution < 1.29 is 4.79 Å². The molecule has 0 aromatic carbocycles. The summed E-state index contributed by atoms with van der Waals surface area (Å²) in [5, 5.41) is 0. The van der Waals surface area contributed by atoms with E-state index in [1.807, 2.05) is 0 Å². The molecule has 2 aliphatic rings. The van der Waals surface area contributed by atoms with Crippen molar-refractivity contribution in [3.63, 3.8) is 0 Å². The third-order valence-electron chi connectivity index (χ3n) is 4.83. The van der Waals surface area contributed by atoms with Gasteiger partial charge in [-0.1, -0.05) is 26.7 Å². The zero-order valence-corrected chi connectivity index (χ0v) is 11.2. The van der Waals surface area contributed by atoms with E-state index in [4.69, 9.17) is 5.73 Å². The summed E-state index contributed by atoms with van der Waals surface area (Å²) in [6.45, 7) is 7.08. The second kappa shape index (κ2) is 5.38. The van der Waals surface area contributed by atoms with Crippen molar-refractivity contribution in [1.29, 1.82) is 0 Å². The van der Waals surface area contributed by atoms with Crippen LogP contribution in [0.5, 0.6) is 0 Å². The quantitative estimate of drug-likeness (QED) is 0.798. The number of carbonyl (C=O) groups excluding carboxylic acids is 1. The van der Waals surface area contributed by atoms with Crippen molar-refractivity contribution in [3.05, 3.63) is 0 Å². The van der Waals surface area contributed by atoms with Gasteiger partial charge in [0.15, 0.2) is 0 Å². The molecule has 4 atom stereocenters. The second-order valence-corrected chi connectivity index (χ2v) is 6.08. The molecular weight excluding hydrogens is 212 g/mol. The van der Waals surface area contributed by atoms with E-state index in [9.17, 15) is 4.79 Å². The lowest BCUT2D eigenvalue weighted by molar-refractivity contribution is -0.137. The molecule has 4 unspecified atom stereocenters. The summed E-state index contributed by atoms with van der Waals surface area (Å²) >= 11 is 0. The van der Waals surface area contributed by atoms with E-state index in [0.717, 1.165) is 25.9 Å². The molecular formula is C14H26N2O. The lowest BCUT2D eigenvalue weighted by Gasteiger charge is -2.32. The van der Waals surface area contributed by atoms with Gasteiger partial charge in [-0.25, -0.2) is 0 Å². The fourth-order valence-corrected chi connectivity index (χ4v) is 3.36. The molecule has 3 nitrogen and oxygen atoms in total. The predicted molar refractivity (Wildman–Crippen MR) is 69.4 cm³/mol. The van der Waals surface area contributed by atoms with Crippen LogP contribution in [0.2, 0.25) is 0 Å². The molecule has 0 aromatic rings. The Morgan fingerprint density at radius 3 is 2.35 bits per heavy atom. The van der Waals surface area contributed by atoms with Crippen LogP contribution in [-0.4, -0.2) is 30.4 Å². The molecule has 2 N–H and O–H groups in total. The van der Waals surface area contributed by atoms with E-state index < -0.39 is 0 Å². The highest BCUT2D eigenvalue weighted by molar-refractivity contribution is 5.79. The summed E-state index contributed by atoms with van der Waals surface area (Å²) in [6.07, 6.45) is 4.65. The number of amides is 1. The van der Waals surface area contributed by atoms with Crippen LogP contribution in [0.1, 0.15) is 39.5 Å². The molecule has 1 saturated carbocycles. The van der Waals surface area contributed by atoms with Gasteiger partial charge in [-0.05, 0) is 37.1 Å². The Kier molecular flexibility index (Phi) is 4.08. The minimum absolute atomic E-state index is 0.214. The maximum Gasteiger partial charge on any atom is 0.226 e. The normalized spacial score (nSPS) is 38.4. The maximum atomic E-state index is 12.5. The van der Waals surface area contributed by atoms with Crippen LogP contribution in [0.4, 0.5) is 0 Å². The average molecular weight is 238 g/mol. The van der Waals surface area contributed by atoms with Crippen LogP contribution in [0.25, 0.3) is 0 Å². The maximum absolute atomic E-state index is 12.5. The van der Waals surface area contributed by atoms with E-state index in [2.05, 4.69) is 18.7 Å². The fourth-order valence-electron chi connectivity index (χ4n) is 3.36. The summed E-state index contributed by atoms with van der Waals surface area (Å²) < 4.78 is 0. The third kappa shape index (κ3) is 2.65. The SMILES string of the molecule is CC1CN(C(=O)C2CCCCC2CN)CC1C. The summed E-state index contributed by atoms with van der Waals surface area (Å²) in [5.74, 6) is 2.34. The molecule has 17 heavy (non-hydrogen) atoms. The van der Waals surface area contributed by atoms with Crippen LogP contribution in [-0.2, 0) is 4.79 Å². The lowest BCUT2D eigenvalue weighted by atomic mass is 9.78. The van der Waals surface area contributed by atoms with E-state index in [1.54, 1.807) is 0 Å². The number of nitrogens with two attached hydrogens (primary N) is 1. The average Bonchev–Trinajstić information content (AvgIpc) is 2.68. The molecule has 1 aliphatic heterocycles. The molecule has 0 spiro atoms. The Balaban J connectivity index is 1.99. The van der Waals surface area contributed by atoms with Gasteiger partial charge in [-0.3, -0.25) is 4.79 Å². The molecule has 0 bridgehead atoms. The van der Waals surface area contributed by atoms with Crippen LogP contribution < -0.4 is 5.73 Å². The molecule has 2 fully saturated rings. The van der Waals surface area contributed by atoms with Crippen molar-refractivity contribution >= 4 is 5.91 Å². The van der Waals surface area contributed by atoms with Gasteiger partial charge in [0.25, 0.3) is 0 Å². The Hall–Kier alpha value is -0.570. The van der Waals surface area contributed by atoms with Crippen molar-refractivity contribution in [3.8, 4) is 0 Å². The summed E-state index contributed by atoms with van der Waals surface area (Å²) in [6, 6.07) is 0. The molecule has 1 saturated heterocycles. The van der Waals surface area contributed by atoms with Crippen molar-refractivity contribution in [2.24, 2.45) is 29.4 Å². The summed E-state index contributed by atoms with van der Waals surface area (Å²) in [5.41, 5.74) is 5.81. The topological polar surface area (TPSA) is 46.3 Å². The number of nitrogens with zero attached hydrogens (tertiary/aromatic N) is 1. The molecule has 1 amide bonds. The van der Waals surface area contributed by atoms with Gasteiger partial charge in [0.05, 0.1) is 0 Å². The van der Waals surface area contributed by atoms with Gasteiger partial charge < -0.3 is 10.6 Å². The van der Waals surface area contributed by atoms with E-state index in [1.165, 1.54) is 12.8 Å². The van der Waals surface area contributed by atoms with Gasteiger partial charge >= 0.3 is 0 Å². The first-order valence-corrected chi connectivity index (χ1v) is 7.12. The van der Waals surface area contributed by atoms with Crippen LogP contribution in [0.15, 0.2) is 0 Å². The Labute approximate surface area is 105 Å². The molecule has 1 heterocycles. The minimum atomic E-state index is 0.214. The van der Waals surface area contributed by atoms with Crippen molar-refractivity contribution in [2.75, 3.05) is 19.6 Å². The van der Waals surface area contributed by atoms with Gasteiger partial charge in [0, 0.05) is 19.0 Å². The first-order valence-electron chi connectivity index (χ1n) is 7.12. The minimum Gasteiger partial charge on any atom is -0.342 e.